The van der Waals surface area contributed by atoms with Crippen LogP contribution in [0.4, 0.5) is 0 Å². The third kappa shape index (κ3) is 2.69. The number of rotatable bonds is 0. The predicted octanol–water partition coefficient (Wildman–Crippen LogP) is 10.3. The van der Waals surface area contributed by atoms with Crippen LogP contribution in [0.5, 0.6) is 0 Å². The first-order valence-corrected chi connectivity index (χ1v) is 15.3. The van der Waals surface area contributed by atoms with Gasteiger partial charge in [0.05, 0.1) is 0 Å². The summed E-state index contributed by atoms with van der Waals surface area (Å²) in [6.45, 7) is 0. The average molecular weight is 531 g/mol. The molecule has 0 fully saturated rings. The Kier molecular flexibility index (Phi) is 3.87. The minimum atomic E-state index is 1.03. The van der Waals surface area contributed by atoms with E-state index in [1.54, 1.807) is 0 Å². The molecule has 0 nitrogen and oxygen atoms in total. The van der Waals surface area contributed by atoms with Gasteiger partial charge < -0.3 is 0 Å². The zero-order valence-electron chi connectivity index (χ0n) is 23.2. The molecule has 0 radical (unpaired) electrons. The van der Waals surface area contributed by atoms with Gasteiger partial charge in [-0.05, 0) is 173 Å². The van der Waals surface area contributed by atoms with Crippen LogP contribution in [-0.4, -0.2) is 0 Å². The summed E-state index contributed by atoms with van der Waals surface area (Å²) in [5.41, 5.74) is 23.5. The van der Waals surface area contributed by atoms with Gasteiger partial charge in [-0.15, -0.1) is 0 Å². The van der Waals surface area contributed by atoms with Crippen molar-refractivity contribution in [3.05, 3.63) is 154 Å². The lowest BCUT2D eigenvalue weighted by molar-refractivity contribution is 1.23. The Morgan fingerprint density at radius 3 is 1.02 bits per heavy atom. The maximum absolute atomic E-state index is 2.53. The molecule has 0 N–H and O–H groups in total. The summed E-state index contributed by atoms with van der Waals surface area (Å²) in [6, 6.07) is 42.1. The average Bonchev–Trinajstić information content (AvgIpc) is 3.77. The van der Waals surface area contributed by atoms with Crippen molar-refractivity contribution in [2.45, 2.75) is 25.7 Å². The Morgan fingerprint density at radius 2 is 0.619 bits per heavy atom. The van der Waals surface area contributed by atoms with Crippen molar-refractivity contribution in [1.82, 2.24) is 0 Å². The lowest BCUT2D eigenvalue weighted by Gasteiger charge is -2.09. The molecule has 0 unspecified atom stereocenters. The fourth-order valence-corrected chi connectivity index (χ4v) is 8.80. The summed E-state index contributed by atoms with van der Waals surface area (Å²) in [6.07, 6.45) is 4.14. The van der Waals surface area contributed by atoms with E-state index in [1.807, 2.05) is 0 Å². The molecular formula is C42H26. The molecule has 0 amide bonds. The molecule has 42 heavy (non-hydrogen) atoms. The van der Waals surface area contributed by atoms with Crippen LogP contribution in [0.25, 0.3) is 66.1 Å². The summed E-state index contributed by atoms with van der Waals surface area (Å²) >= 11 is 0. The van der Waals surface area contributed by atoms with Crippen molar-refractivity contribution in [3.63, 3.8) is 0 Å². The second-order valence-corrected chi connectivity index (χ2v) is 12.8. The van der Waals surface area contributed by atoms with Crippen LogP contribution >= 0.6 is 0 Å². The van der Waals surface area contributed by atoms with Crippen LogP contribution in [0.1, 0.15) is 44.5 Å². The molecular weight excluding hydrogens is 504 g/mol. The van der Waals surface area contributed by atoms with E-state index in [-0.39, 0.29) is 0 Å². The first-order chi connectivity index (χ1) is 20.8. The fraction of sp³-hybridized carbons (Fsp3) is 0.0952. The van der Waals surface area contributed by atoms with Crippen molar-refractivity contribution in [2.75, 3.05) is 0 Å². The molecule has 194 valence electrons. The highest BCUT2D eigenvalue weighted by Gasteiger charge is 2.31. The molecule has 7 aromatic carbocycles. The number of benzene rings is 7. The van der Waals surface area contributed by atoms with Crippen molar-refractivity contribution in [2.24, 2.45) is 0 Å². The molecule has 0 saturated heterocycles. The van der Waals surface area contributed by atoms with Gasteiger partial charge in [0, 0.05) is 0 Å². The maximum Gasteiger partial charge on any atom is -0.000706 e. The topological polar surface area (TPSA) is 0 Å². The normalized spacial score (nSPS) is 14.3. The Morgan fingerprint density at radius 1 is 0.286 bits per heavy atom. The van der Waals surface area contributed by atoms with Gasteiger partial charge >= 0.3 is 0 Å². The largest absolute Gasteiger partial charge is 0.0616 e. The van der Waals surface area contributed by atoms with E-state index in [2.05, 4.69) is 109 Å². The van der Waals surface area contributed by atoms with Gasteiger partial charge in [-0.3, -0.25) is 0 Å². The van der Waals surface area contributed by atoms with Gasteiger partial charge in [-0.25, -0.2) is 0 Å². The van der Waals surface area contributed by atoms with Crippen LogP contribution in [-0.2, 0) is 25.7 Å². The highest BCUT2D eigenvalue weighted by Crippen LogP contribution is 2.51. The molecule has 0 bridgehead atoms. The quantitative estimate of drug-likeness (QED) is 0.183. The summed E-state index contributed by atoms with van der Waals surface area (Å²) in [5.74, 6) is 0. The molecule has 11 rings (SSSR count). The van der Waals surface area contributed by atoms with E-state index in [0.29, 0.717) is 0 Å². The van der Waals surface area contributed by atoms with Gasteiger partial charge in [-0.2, -0.15) is 0 Å². The van der Waals surface area contributed by atoms with Crippen LogP contribution in [0.2, 0.25) is 0 Å². The van der Waals surface area contributed by atoms with Crippen molar-refractivity contribution in [3.8, 4) is 44.5 Å². The zero-order chi connectivity index (χ0) is 27.1. The maximum atomic E-state index is 2.53. The summed E-state index contributed by atoms with van der Waals surface area (Å²) < 4.78 is 0. The lowest BCUT2D eigenvalue weighted by Crippen LogP contribution is -1.87. The van der Waals surface area contributed by atoms with E-state index in [0.717, 1.165) is 25.7 Å². The molecule has 0 aliphatic heterocycles. The summed E-state index contributed by atoms with van der Waals surface area (Å²) in [4.78, 5) is 0. The van der Waals surface area contributed by atoms with Crippen LogP contribution < -0.4 is 0 Å². The van der Waals surface area contributed by atoms with Crippen molar-refractivity contribution < 1.29 is 0 Å². The van der Waals surface area contributed by atoms with E-state index < -0.39 is 0 Å². The highest BCUT2D eigenvalue weighted by atomic mass is 14.3. The van der Waals surface area contributed by atoms with Gasteiger partial charge in [0.25, 0.3) is 0 Å². The molecule has 7 aromatic rings. The minimum absolute atomic E-state index is 1.03. The number of hydrogen-bond acceptors (Lipinski definition) is 0. The van der Waals surface area contributed by atoms with Crippen molar-refractivity contribution in [1.29, 1.82) is 0 Å². The second kappa shape index (κ2) is 7.46. The number of fused-ring (bicyclic) bond motifs is 16. The third-order valence-electron chi connectivity index (χ3n) is 10.7. The Labute approximate surface area is 244 Å². The molecule has 4 aliphatic carbocycles. The van der Waals surface area contributed by atoms with E-state index in [9.17, 15) is 0 Å². The van der Waals surface area contributed by atoms with E-state index >= 15 is 0 Å². The molecule has 0 saturated carbocycles. The second-order valence-electron chi connectivity index (χ2n) is 12.8. The van der Waals surface area contributed by atoms with Gasteiger partial charge in [0.2, 0.25) is 0 Å². The molecule has 0 aromatic heterocycles. The van der Waals surface area contributed by atoms with Crippen LogP contribution in [0, 0.1) is 0 Å². The highest BCUT2D eigenvalue weighted by molar-refractivity contribution is 5.98. The van der Waals surface area contributed by atoms with Crippen molar-refractivity contribution >= 4 is 21.5 Å². The number of hydrogen-bond donors (Lipinski definition) is 0. The smallest absolute Gasteiger partial charge is 0.000706 e. The standard InChI is InChI=1S/C42H26/c1-3-7-31-23(5-1)9-11-33-35-15-25-13-27-18-38-28(17-37(27)39(25)19-29(35)21-41(31)33)14-26-16-36-30(20-40(26)38)22-42-32-8-4-2-6-24(32)10-12-34(36)42/h1-12,15-20H,13-14,21-22H2. The minimum Gasteiger partial charge on any atom is -0.0616 e. The molecule has 0 atom stereocenters. The Hall–Kier alpha value is -4.94. The molecule has 0 heterocycles. The third-order valence-corrected chi connectivity index (χ3v) is 10.7. The Bertz CT molecular complexity index is 2230. The monoisotopic (exact) mass is 530 g/mol. The van der Waals surface area contributed by atoms with Gasteiger partial charge in [-0.1, -0.05) is 72.8 Å². The van der Waals surface area contributed by atoms with Gasteiger partial charge in [0.15, 0.2) is 0 Å². The molecule has 0 spiro atoms. The first kappa shape index (κ1) is 21.8. The fourth-order valence-electron chi connectivity index (χ4n) is 8.80. The van der Waals surface area contributed by atoms with Crippen LogP contribution in [0.15, 0.2) is 109 Å². The predicted molar refractivity (Wildman–Crippen MR) is 174 cm³/mol. The molecule has 0 heteroatoms. The lowest BCUT2D eigenvalue weighted by atomic mass is 9.95. The first-order valence-electron chi connectivity index (χ1n) is 15.3. The summed E-state index contributed by atoms with van der Waals surface area (Å²) in [7, 11) is 0. The summed E-state index contributed by atoms with van der Waals surface area (Å²) in [5, 5.41) is 5.51. The Balaban J connectivity index is 0.997. The van der Waals surface area contributed by atoms with Gasteiger partial charge in [0.1, 0.15) is 0 Å². The molecule has 4 aliphatic rings. The SMILES string of the molecule is c1ccc2c3c(ccc2c1)-c1cc2c(cc1C3)-c1cc3c(cc1C2)-c1cc2c(cc1C3)-c1ccc3ccccc3c1C2. The zero-order valence-corrected chi connectivity index (χ0v) is 23.2. The van der Waals surface area contributed by atoms with E-state index in [1.165, 1.54) is 111 Å². The van der Waals surface area contributed by atoms with E-state index in [4.69, 9.17) is 0 Å². The van der Waals surface area contributed by atoms with Crippen LogP contribution in [0.3, 0.4) is 0 Å².